The van der Waals surface area contributed by atoms with Crippen LogP contribution in [0.5, 0.6) is 5.75 Å². The molecule has 3 aromatic carbocycles. The number of anilines is 1. The summed E-state index contributed by atoms with van der Waals surface area (Å²) in [7, 11) is -2.42. The predicted molar refractivity (Wildman–Crippen MR) is 118 cm³/mol. The summed E-state index contributed by atoms with van der Waals surface area (Å²) >= 11 is 0. The van der Waals surface area contributed by atoms with Gasteiger partial charge in [-0.25, -0.2) is 13.1 Å². The van der Waals surface area contributed by atoms with E-state index in [9.17, 15) is 13.2 Å². The van der Waals surface area contributed by atoms with Crippen LogP contribution < -0.4 is 14.8 Å². The molecule has 0 bridgehead atoms. The van der Waals surface area contributed by atoms with Gasteiger partial charge in [-0.15, -0.1) is 0 Å². The lowest BCUT2D eigenvalue weighted by molar-refractivity contribution is 0.102. The van der Waals surface area contributed by atoms with Crippen molar-refractivity contribution in [2.75, 3.05) is 12.4 Å². The number of carbonyl (C=O) groups is 1. The minimum Gasteiger partial charge on any atom is -0.495 e. The molecule has 6 nitrogen and oxygen atoms in total. The summed E-state index contributed by atoms with van der Waals surface area (Å²) in [5.74, 6) is -0.192. The van der Waals surface area contributed by atoms with Crippen LogP contribution >= 0.6 is 0 Å². The molecule has 2 N–H and O–H groups in total. The lowest BCUT2D eigenvalue weighted by Gasteiger charge is -2.15. The Bertz CT molecular complexity index is 1240. The first-order valence-electron chi connectivity index (χ1n) is 9.85. The summed E-state index contributed by atoms with van der Waals surface area (Å²) in [6, 6.07) is 14.2. The van der Waals surface area contributed by atoms with Crippen LogP contribution in [0, 0.1) is 0 Å². The molecule has 0 spiro atoms. The topological polar surface area (TPSA) is 84.5 Å². The number of methoxy groups -OCH3 is 1. The molecule has 3 aromatic rings. The fourth-order valence-electron chi connectivity index (χ4n) is 3.95. The summed E-state index contributed by atoms with van der Waals surface area (Å²) in [6.07, 6.45) is 2.01. The van der Waals surface area contributed by atoms with E-state index in [1.54, 1.807) is 19.9 Å². The van der Waals surface area contributed by atoms with Gasteiger partial charge in [0.1, 0.15) is 10.6 Å². The largest absolute Gasteiger partial charge is 0.495 e. The smallest absolute Gasteiger partial charge is 0.255 e. The number of amides is 1. The number of hydrogen-bond acceptors (Lipinski definition) is 4. The van der Waals surface area contributed by atoms with Gasteiger partial charge >= 0.3 is 0 Å². The van der Waals surface area contributed by atoms with Gasteiger partial charge < -0.3 is 10.1 Å². The summed E-state index contributed by atoms with van der Waals surface area (Å²) in [5, 5.41) is 5.15. The molecule has 156 valence electrons. The molecule has 0 heterocycles. The first kappa shape index (κ1) is 20.4. The van der Waals surface area contributed by atoms with Gasteiger partial charge in [-0.05, 0) is 67.5 Å². The van der Waals surface area contributed by atoms with Crippen molar-refractivity contribution in [1.82, 2.24) is 4.72 Å². The number of hydrogen-bond donors (Lipinski definition) is 2. The maximum absolute atomic E-state index is 13.0. The van der Waals surface area contributed by atoms with E-state index in [-0.39, 0.29) is 28.2 Å². The third kappa shape index (κ3) is 3.66. The quantitative estimate of drug-likeness (QED) is 0.629. The summed E-state index contributed by atoms with van der Waals surface area (Å²) in [4.78, 5) is 12.9. The molecule has 0 unspecified atom stereocenters. The second-order valence-electron chi connectivity index (χ2n) is 7.71. The SMILES string of the molecule is COc1ccc(C(=O)Nc2ccc3c4c(cccc24)CC3)cc1S(=O)(=O)NC(C)C. The molecule has 1 amide bonds. The zero-order chi connectivity index (χ0) is 21.5. The van der Waals surface area contributed by atoms with E-state index in [2.05, 4.69) is 16.1 Å². The molecule has 7 heteroatoms. The maximum Gasteiger partial charge on any atom is 0.255 e. The number of sulfonamides is 1. The summed E-state index contributed by atoms with van der Waals surface area (Å²) in [5.41, 5.74) is 3.53. The summed E-state index contributed by atoms with van der Waals surface area (Å²) in [6.45, 7) is 3.46. The van der Waals surface area contributed by atoms with Crippen molar-refractivity contribution in [2.24, 2.45) is 0 Å². The van der Waals surface area contributed by atoms with Gasteiger partial charge in [-0.2, -0.15) is 0 Å². The molecule has 0 saturated heterocycles. The highest BCUT2D eigenvalue weighted by Gasteiger charge is 2.23. The van der Waals surface area contributed by atoms with Crippen molar-refractivity contribution >= 4 is 32.4 Å². The molecule has 0 saturated carbocycles. The Morgan fingerprint density at radius 2 is 1.77 bits per heavy atom. The van der Waals surface area contributed by atoms with Gasteiger partial charge in [0.05, 0.1) is 7.11 Å². The van der Waals surface area contributed by atoms with Gasteiger partial charge in [0.15, 0.2) is 0 Å². The van der Waals surface area contributed by atoms with Gasteiger partial charge in [0.2, 0.25) is 10.0 Å². The summed E-state index contributed by atoms with van der Waals surface area (Å²) < 4.78 is 33.1. The average molecular weight is 425 g/mol. The number of rotatable bonds is 6. The van der Waals surface area contributed by atoms with Crippen molar-refractivity contribution in [2.45, 2.75) is 37.6 Å². The standard InChI is InChI=1S/C23H24N2O4S/c1-14(2)25-30(27,28)21-13-17(10-12-20(21)29-3)23(26)24-19-11-9-16-8-7-15-5-4-6-18(19)22(15)16/h4-6,9-14,25H,7-8H2,1-3H3,(H,24,26). The van der Waals surface area contributed by atoms with E-state index in [4.69, 9.17) is 4.74 Å². The minimum atomic E-state index is -3.82. The molecule has 4 rings (SSSR count). The zero-order valence-electron chi connectivity index (χ0n) is 17.2. The van der Waals surface area contributed by atoms with Crippen molar-refractivity contribution in [3.63, 3.8) is 0 Å². The Morgan fingerprint density at radius 1 is 1.03 bits per heavy atom. The third-order valence-corrected chi connectivity index (χ3v) is 6.91. The van der Waals surface area contributed by atoms with Gasteiger partial charge in [0.25, 0.3) is 5.91 Å². The molecule has 30 heavy (non-hydrogen) atoms. The maximum atomic E-state index is 13.0. The van der Waals surface area contributed by atoms with E-state index >= 15 is 0 Å². The second-order valence-corrected chi connectivity index (χ2v) is 9.39. The van der Waals surface area contributed by atoms with Crippen LogP contribution in [0.15, 0.2) is 53.4 Å². The monoisotopic (exact) mass is 424 g/mol. The number of carbonyl (C=O) groups excluding carboxylic acids is 1. The fourth-order valence-corrected chi connectivity index (χ4v) is 5.40. The Morgan fingerprint density at radius 3 is 2.47 bits per heavy atom. The number of benzene rings is 3. The molecule has 0 aliphatic heterocycles. The number of aryl methyl sites for hydroxylation is 2. The fraction of sp³-hybridized carbons (Fsp3) is 0.261. The van der Waals surface area contributed by atoms with Crippen LogP contribution in [0.1, 0.15) is 35.3 Å². The van der Waals surface area contributed by atoms with Gasteiger partial charge in [-0.1, -0.05) is 24.3 Å². The lowest BCUT2D eigenvalue weighted by atomic mass is 10.0. The Kier molecular flexibility index (Phi) is 5.26. The highest BCUT2D eigenvalue weighted by atomic mass is 32.2. The van der Waals surface area contributed by atoms with E-state index in [1.165, 1.54) is 35.8 Å². The van der Waals surface area contributed by atoms with E-state index in [0.29, 0.717) is 5.69 Å². The molecule has 0 radical (unpaired) electrons. The van der Waals surface area contributed by atoms with Crippen LogP contribution in [-0.4, -0.2) is 27.5 Å². The molecule has 1 aliphatic rings. The minimum absolute atomic E-state index is 0.0632. The van der Waals surface area contributed by atoms with Crippen molar-refractivity contribution in [1.29, 1.82) is 0 Å². The number of ether oxygens (including phenoxy) is 1. The number of nitrogens with one attached hydrogen (secondary N) is 2. The zero-order valence-corrected chi connectivity index (χ0v) is 18.0. The Labute approximate surface area is 176 Å². The van der Waals surface area contributed by atoms with Gasteiger partial charge in [0, 0.05) is 22.7 Å². The third-order valence-electron chi connectivity index (χ3n) is 5.23. The molecule has 0 atom stereocenters. The van der Waals surface area contributed by atoms with Crippen LogP contribution in [0.4, 0.5) is 5.69 Å². The van der Waals surface area contributed by atoms with Gasteiger partial charge in [-0.3, -0.25) is 4.79 Å². The van der Waals surface area contributed by atoms with E-state index in [1.807, 2.05) is 24.3 Å². The van der Waals surface area contributed by atoms with Crippen molar-refractivity contribution in [3.8, 4) is 5.75 Å². The molecule has 1 aliphatic carbocycles. The van der Waals surface area contributed by atoms with Crippen LogP contribution in [0.25, 0.3) is 10.8 Å². The van der Waals surface area contributed by atoms with Crippen molar-refractivity contribution < 1.29 is 17.9 Å². The van der Waals surface area contributed by atoms with Crippen LogP contribution in [-0.2, 0) is 22.9 Å². The average Bonchev–Trinajstić information content (AvgIpc) is 3.13. The van der Waals surface area contributed by atoms with E-state index < -0.39 is 10.0 Å². The molecular weight excluding hydrogens is 400 g/mol. The molecular formula is C23H24N2O4S. The van der Waals surface area contributed by atoms with Crippen LogP contribution in [0.2, 0.25) is 0 Å². The molecule has 0 aromatic heterocycles. The highest BCUT2D eigenvalue weighted by molar-refractivity contribution is 7.89. The van der Waals surface area contributed by atoms with Crippen molar-refractivity contribution in [3.05, 3.63) is 65.2 Å². The Hall–Kier alpha value is -2.90. The molecule has 0 fully saturated rings. The van der Waals surface area contributed by atoms with E-state index in [0.717, 1.165) is 18.2 Å². The normalized spacial score (nSPS) is 13.1. The Balaban J connectivity index is 1.70. The van der Waals surface area contributed by atoms with Crippen LogP contribution in [0.3, 0.4) is 0 Å². The first-order valence-corrected chi connectivity index (χ1v) is 11.3. The predicted octanol–water partition coefficient (Wildman–Crippen LogP) is 3.89. The lowest BCUT2D eigenvalue weighted by Crippen LogP contribution is -2.30. The highest BCUT2D eigenvalue weighted by Crippen LogP contribution is 2.35. The first-order chi connectivity index (χ1) is 14.3. The second kappa shape index (κ2) is 7.74.